The smallest absolute Gasteiger partial charge is 0.303 e. The van der Waals surface area contributed by atoms with Crippen molar-refractivity contribution < 1.29 is 14.4 Å². The van der Waals surface area contributed by atoms with E-state index in [9.17, 15) is 4.79 Å². The predicted octanol–water partition coefficient (Wildman–Crippen LogP) is 3.45. The van der Waals surface area contributed by atoms with Crippen LogP contribution in [0.4, 0.5) is 0 Å². The number of fused-ring (bicyclic) bond motifs is 3. The van der Waals surface area contributed by atoms with E-state index in [4.69, 9.17) is 21.2 Å². The minimum Gasteiger partial charge on any atom is -0.481 e. The van der Waals surface area contributed by atoms with Crippen LogP contribution < -0.4 is 0 Å². The SMILES string of the molecule is O=C(O)CC1Cc2cc3cc(-c4noc(-c5cnc(Cl)cn5)n4)ccc3n2C1. The number of hydrogen-bond donors (Lipinski definition) is 1. The van der Waals surface area contributed by atoms with Gasteiger partial charge in [0.05, 0.1) is 18.8 Å². The molecule has 9 heteroatoms. The quantitative estimate of drug-likeness (QED) is 0.563. The molecule has 0 radical (unpaired) electrons. The predicted molar refractivity (Wildman–Crippen MR) is 101 cm³/mol. The number of aliphatic carboxylic acids is 1. The van der Waals surface area contributed by atoms with Crippen LogP contribution in [-0.2, 0) is 17.8 Å². The molecule has 0 spiro atoms. The van der Waals surface area contributed by atoms with E-state index in [1.807, 2.05) is 18.2 Å². The molecule has 8 nitrogen and oxygen atoms in total. The van der Waals surface area contributed by atoms with E-state index in [0.717, 1.165) is 35.1 Å². The summed E-state index contributed by atoms with van der Waals surface area (Å²) < 4.78 is 7.49. The Kier molecular flexibility index (Phi) is 3.87. The minimum absolute atomic E-state index is 0.150. The third-order valence-corrected chi connectivity index (χ3v) is 5.11. The van der Waals surface area contributed by atoms with Crippen molar-refractivity contribution in [2.45, 2.75) is 19.4 Å². The lowest BCUT2D eigenvalue weighted by molar-refractivity contribution is -0.138. The zero-order valence-electron chi connectivity index (χ0n) is 14.5. The normalized spacial score (nSPS) is 15.8. The highest BCUT2D eigenvalue weighted by molar-refractivity contribution is 6.29. The molecule has 1 aliphatic heterocycles. The Morgan fingerprint density at radius 3 is 2.96 bits per heavy atom. The van der Waals surface area contributed by atoms with Crippen molar-refractivity contribution in [1.82, 2.24) is 24.7 Å². The van der Waals surface area contributed by atoms with Crippen molar-refractivity contribution in [3.63, 3.8) is 0 Å². The fourth-order valence-electron chi connectivity index (χ4n) is 3.72. The third-order valence-electron chi connectivity index (χ3n) is 4.91. The Balaban J connectivity index is 1.44. The largest absolute Gasteiger partial charge is 0.481 e. The van der Waals surface area contributed by atoms with Crippen LogP contribution >= 0.6 is 11.6 Å². The molecule has 1 aromatic carbocycles. The first kappa shape index (κ1) is 16.9. The molecule has 3 aromatic heterocycles. The molecule has 1 N–H and O–H groups in total. The Morgan fingerprint density at radius 1 is 1.29 bits per heavy atom. The number of aromatic nitrogens is 5. The Bertz CT molecular complexity index is 1200. The first-order valence-electron chi connectivity index (χ1n) is 8.73. The first-order chi connectivity index (χ1) is 13.6. The molecule has 1 atom stereocenters. The summed E-state index contributed by atoms with van der Waals surface area (Å²) >= 11 is 5.75. The molecule has 0 aliphatic carbocycles. The fourth-order valence-corrected chi connectivity index (χ4v) is 3.82. The highest BCUT2D eigenvalue weighted by Gasteiger charge is 2.25. The van der Waals surface area contributed by atoms with Crippen molar-refractivity contribution in [1.29, 1.82) is 0 Å². The van der Waals surface area contributed by atoms with E-state index in [1.165, 1.54) is 12.4 Å². The van der Waals surface area contributed by atoms with E-state index >= 15 is 0 Å². The molecule has 28 heavy (non-hydrogen) atoms. The monoisotopic (exact) mass is 395 g/mol. The Hall–Kier alpha value is -3.26. The molecule has 0 amide bonds. The average Bonchev–Trinajstić information content (AvgIpc) is 3.35. The van der Waals surface area contributed by atoms with E-state index in [0.29, 0.717) is 16.7 Å². The highest BCUT2D eigenvalue weighted by Crippen LogP contribution is 2.32. The maximum atomic E-state index is 11.0. The summed E-state index contributed by atoms with van der Waals surface area (Å²) in [5.74, 6) is 0.136. The molecular formula is C19H14ClN5O3. The van der Waals surface area contributed by atoms with Gasteiger partial charge in [0, 0.05) is 28.7 Å². The van der Waals surface area contributed by atoms with Gasteiger partial charge in [-0.3, -0.25) is 4.79 Å². The van der Waals surface area contributed by atoms with Crippen LogP contribution in [0.5, 0.6) is 0 Å². The van der Waals surface area contributed by atoms with E-state index in [1.54, 1.807) is 0 Å². The number of benzene rings is 1. The van der Waals surface area contributed by atoms with Gasteiger partial charge in [0.2, 0.25) is 5.82 Å². The molecule has 0 bridgehead atoms. The zero-order chi connectivity index (χ0) is 19.3. The van der Waals surface area contributed by atoms with E-state index < -0.39 is 5.97 Å². The van der Waals surface area contributed by atoms with Gasteiger partial charge in [-0.15, -0.1) is 0 Å². The summed E-state index contributed by atoms with van der Waals surface area (Å²) in [6, 6.07) is 8.05. The molecule has 5 rings (SSSR count). The van der Waals surface area contributed by atoms with Crippen LogP contribution in [0, 0.1) is 5.92 Å². The van der Waals surface area contributed by atoms with Gasteiger partial charge >= 0.3 is 5.97 Å². The molecule has 0 saturated heterocycles. The average molecular weight is 396 g/mol. The van der Waals surface area contributed by atoms with Gasteiger partial charge in [0.1, 0.15) is 10.8 Å². The van der Waals surface area contributed by atoms with Crippen molar-refractivity contribution in [2.24, 2.45) is 5.92 Å². The minimum atomic E-state index is -0.749. The lowest BCUT2D eigenvalue weighted by Gasteiger charge is -2.06. The molecule has 140 valence electrons. The number of rotatable bonds is 4. The van der Waals surface area contributed by atoms with Gasteiger partial charge in [0.25, 0.3) is 5.89 Å². The topological polar surface area (TPSA) is 107 Å². The third kappa shape index (κ3) is 2.91. The van der Waals surface area contributed by atoms with Crippen LogP contribution in [0.1, 0.15) is 12.1 Å². The summed E-state index contributed by atoms with van der Waals surface area (Å²) in [5.41, 5.74) is 3.52. The van der Waals surface area contributed by atoms with Crippen LogP contribution in [0.15, 0.2) is 41.2 Å². The molecule has 1 aliphatic rings. The number of carboxylic acid groups (broad SMARTS) is 1. The van der Waals surface area contributed by atoms with E-state index in [-0.39, 0.29) is 18.2 Å². The standard InChI is InChI=1S/C19H14ClN5O3/c20-16-8-21-14(7-22-16)19-23-18(24-28-19)11-1-2-15-12(5-11)6-13-3-10(4-17(26)27)9-25(13)15/h1-2,5-8,10H,3-4,9H2,(H,26,27). The van der Waals surface area contributed by atoms with Crippen molar-refractivity contribution >= 4 is 28.5 Å². The van der Waals surface area contributed by atoms with Crippen molar-refractivity contribution in [3.8, 4) is 23.0 Å². The zero-order valence-corrected chi connectivity index (χ0v) is 15.3. The molecule has 4 heterocycles. The molecule has 0 fully saturated rings. The number of halogens is 1. The number of nitrogens with zero attached hydrogens (tertiary/aromatic N) is 5. The summed E-state index contributed by atoms with van der Waals surface area (Å²) in [6.07, 6.45) is 3.88. The number of carbonyl (C=O) groups is 1. The van der Waals surface area contributed by atoms with Crippen LogP contribution in [0.3, 0.4) is 0 Å². The van der Waals surface area contributed by atoms with Gasteiger partial charge in [-0.25, -0.2) is 9.97 Å². The van der Waals surface area contributed by atoms with Crippen LogP contribution in [-0.4, -0.2) is 35.8 Å². The van der Waals surface area contributed by atoms with Gasteiger partial charge < -0.3 is 14.2 Å². The summed E-state index contributed by atoms with van der Waals surface area (Å²) in [5, 5.41) is 14.4. The lowest BCUT2D eigenvalue weighted by atomic mass is 10.0. The van der Waals surface area contributed by atoms with Crippen LogP contribution in [0.2, 0.25) is 5.15 Å². The van der Waals surface area contributed by atoms with Gasteiger partial charge in [-0.2, -0.15) is 4.98 Å². The molecule has 4 aromatic rings. The van der Waals surface area contributed by atoms with Crippen molar-refractivity contribution in [2.75, 3.05) is 0 Å². The van der Waals surface area contributed by atoms with Crippen molar-refractivity contribution in [3.05, 3.63) is 47.5 Å². The van der Waals surface area contributed by atoms with Crippen LogP contribution in [0.25, 0.3) is 33.9 Å². The summed E-state index contributed by atoms with van der Waals surface area (Å²) in [4.78, 5) is 23.5. The van der Waals surface area contributed by atoms with Gasteiger partial charge in [-0.1, -0.05) is 16.8 Å². The molecular weight excluding hydrogens is 382 g/mol. The second-order valence-corrected chi connectivity index (χ2v) is 7.22. The maximum Gasteiger partial charge on any atom is 0.303 e. The maximum absolute atomic E-state index is 11.0. The van der Waals surface area contributed by atoms with E-state index in [2.05, 4.69) is 30.7 Å². The summed E-state index contributed by atoms with van der Waals surface area (Å²) in [6.45, 7) is 0.728. The number of carboxylic acids is 1. The van der Waals surface area contributed by atoms with Gasteiger partial charge in [0.15, 0.2) is 0 Å². The summed E-state index contributed by atoms with van der Waals surface area (Å²) in [7, 11) is 0. The highest BCUT2D eigenvalue weighted by atomic mass is 35.5. The second kappa shape index (κ2) is 6.42. The van der Waals surface area contributed by atoms with Gasteiger partial charge in [-0.05, 0) is 36.6 Å². The lowest BCUT2D eigenvalue weighted by Crippen LogP contribution is -2.09. The molecule has 1 unspecified atom stereocenters. The molecule has 0 saturated carbocycles. The number of hydrogen-bond acceptors (Lipinski definition) is 6. The second-order valence-electron chi connectivity index (χ2n) is 6.84. The Morgan fingerprint density at radius 2 is 2.18 bits per heavy atom. The Labute approximate surface area is 163 Å². The first-order valence-corrected chi connectivity index (χ1v) is 9.10. The fraction of sp³-hybridized carbons (Fsp3) is 0.211.